The fourth-order valence-corrected chi connectivity index (χ4v) is 1.24. The van der Waals surface area contributed by atoms with Crippen molar-refractivity contribution in [3.63, 3.8) is 0 Å². The van der Waals surface area contributed by atoms with Crippen LogP contribution < -0.4 is 4.74 Å². The molecule has 0 aromatic heterocycles. The van der Waals surface area contributed by atoms with Gasteiger partial charge in [0.05, 0.1) is 12.7 Å². The third-order valence-electron chi connectivity index (χ3n) is 1.89. The zero-order chi connectivity index (χ0) is 10.0. The van der Waals surface area contributed by atoms with Crippen LogP contribution in [0.25, 0.3) is 0 Å². The van der Waals surface area contributed by atoms with Gasteiger partial charge in [0, 0.05) is 0 Å². The summed E-state index contributed by atoms with van der Waals surface area (Å²) in [5, 5.41) is 0. The number of rotatable bonds is 2. The summed E-state index contributed by atoms with van der Waals surface area (Å²) in [6.45, 7) is 3.03. The second-order valence-electron chi connectivity index (χ2n) is 2.83. The molecule has 0 aliphatic heterocycles. The van der Waals surface area contributed by atoms with Gasteiger partial charge >= 0.3 is 0 Å². The third-order valence-corrected chi connectivity index (χ3v) is 1.89. The molecule has 0 atom stereocenters. The number of hydrogen-bond donors (Lipinski definition) is 0. The molecule has 0 bridgehead atoms. The standard InChI is InChI=1S/C10H11FO2/c1-6-4-5-8(13-3)10(11)9(6)7(2)12/h4-5H,1-3H3. The number of aryl methyl sites for hydroxylation is 1. The van der Waals surface area contributed by atoms with E-state index in [9.17, 15) is 9.18 Å². The summed E-state index contributed by atoms with van der Waals surface area (Å²) < 4.78 is 18.2. The van der Waals surface area contributed by atoms with E-state index in [0.717, 1.165) is 0 Å². The first-order valence-electron chi connectivity index (χ1n) is 3.92. The van der Waals surface area contributed by atoms with E-state index in [1.165, 1.54) is 20.1 Å². The number of ether oxygens (including phenoxy) is 1. The lowest BCUT2D eigenvalue weighted by Gasteiger charge is -2.07. The van der Waals surface area contributed by atoms with E-state index < -0.39 is 5.82 Å². The van der Waals surface area contributed by atoms with Crippen molar-refractivity contribution in [2.45, 2.75) is 13.8 Å². The van der Waals surface area contributed by atoms with Crippen molar-refractivity contribution in [3.8, 4) is 5.75 Å². The van der Waals surface area contributed by atoms with Crippen LogP contribution in [0.4, 0.5) is 4.39 Å². The van der Waals surface area contributed by atoms with Crippen molar-refractivity contribution in [2.75, 3.05) is 7.11 Å². The van der Waals surface area contributed by atoms with Crippen LogP contribution in [0, 0.1) is 12.7 Å². The normalized spacial score (nSPS) is 9.85. The Kier molecular flexibility index (Phi) is 2.66. The number of Topliss-reactive ketones (excluding diaryl/α,β-unsaturated/α-hetero) is 1. The molecule has 0 radical (unpaired) electrons. The van der Waals surface area contributed by atoms with Gasteiger partial charge in [-0.1, -0.05) is 6.07 Å². The summed E-state index contributed by atoms with van der Waals surface area (Å²) in [5.74, 6) is -0.750. The highest BCUT2D eigenvalue weighted by molar-refractivity contribution is 5.96. The van der Waals surface area contributed by atoms with Crippen LogP contribution in [-0.4, -0.2) is 12.9 Å². The first-order chi connectivity index (χ1) is 6.07. The molecule has 3 heteroatoms. The number of methoxy groups -OCH3 is 1. The lowest BCUT2D eigenvalue weighted by molar-refractivity contribution is 0.101. The highest BCUT2D eigenvalue weighted by Gasteiger charge is 2.14. The molecule has 0 N–H and O–H groups in total. The predicted molar refractivity (Wildman–Crippen MR) is 47.7 cm³/mol. The van der Waals surface area contributed by atoms with Crippen LogP contribution in [0.2, 0.25) is 0 Å². The van der Waals surface area contributed by atoms with Crippen molar-refractivity contribution >= 4 is 5.78 Å². The summed E-state index contributed by atoms with van der Waals surface area (Å²) in [4.78, 5) is 11.1. The zero-order valence-corrected chi connectivity index (χ0v) is 7.85. The van der Waals surface area contributed by atoms with Crippen LogP contribution in [0.1, 0.15) is 22.8 Å². The number of carbonyl (C=O) groups excluding carboxylic acids is 1. The van der Waals surface area contributed by atoms with Crippen LogP contribution in [0.3, 0.4) is 0 Å². The fourth-order valence-electron chi connectivity index (χ4n) is 1.24. The van der Waals surface area contributed by atoms with E-state index in [1.807, 2.05) is 0 Å². The van der Waals surface area contributed by atoms with Gasteiger partial charge in [0.1, 0.15) is 0 Å². The minimum atomic E-state index is -0.574. The number of ketones is 1. The molecular formula is C10H11FO2. The van der Waals surface area contributed by atoms with E-state index in [1.54, 1.807) is 13.0 Å². The van der Waals surface area contributed by atoms with Gasteiger partial charge in [-0.15, -0.1) is 0 Å². The van der Waals surface area contributed by atoms with E-state index in [0.29, 0.717) is 5.56 Å². The quantitative estimate of drug-likeness (QED) is 0.656. The van der Waals surface area contributed by atoms with Crippen molar-refractivity contribution in [2.24, 2.45) is 0 Å². The molecule has 2 nitrogen and oxygen atoms in total. The monoisotopic (exact) mass is 182 g/mol. The van der Waals surface area contributed by atoms with Crippen molar-refractivity contribution < 1.29 is 13.9 Å². The summed E-state index contributed by atoms with van der Waals surface area (Å²) in [6.07, 6.45) is 0. The largest absolute Gasteiger partial charge is 0.494 e. The Morgan fingerprint density at radius 2 is 2.08 bits per heavy atom. The number of benzene rings is 1. The van der Waals surface area contributed by atoms with Gasteiger partial charge in [-0.25, -0.2) is 4.39 Å². The molecule has 0 saturated heterocycles. The highest BCUT2D eigenvalue weighted by atomic mass is 19.1. The molecule has 1 aromatic carbocycles. The van der Waals surface area contributed by atoms with Crippen LogP contribution in [0.15, 0.2) is 12.1 Å². The Morgan fingerprint density at radius 3 is 2.54 bits per heavy atom. The molecule has 0 fully saturated rings. The minimum Gasteiger partial charge on any atom is -0.494 e. The summed E-state index contributed by atoms with van der Waals surface area (Å²) >= 11 is 0. The maximum Gasteiger partial charge on any atom is 0.176 e. The zero-order valence-electron chi connectivity index (χ0n) is 7.85. The molecule has 1 aromatic rings. The van der Waals surface area contributed by atoms with Gasteiger partial charge in [-0.3, -0.25) is 4.79 Å². The maximum absolute atomic E-state index is 13.4. The van der Waals surface area contributed by atoms with E-state index in [2.05, 4.69) is 0 Å². The predicted octanol–water partition coefficient (Wildman–Crippen LogP) is 2.35. The molecule has 13 heavy (non-hydrogen) atoms. The minimum absolute atomic E-state index is 0.107. The molecule has 0 spiro atoms. The molecule has 1 rings (SSSR count). The molecule has 0 saturated carbocycles. The summed E-state index contributed by atoms with van der Waals surface area (Å²) in [7, 11) is 1.37. The molecule has 70 valence electrons. The number of hydrogen-bond acceptors (Lipinski definition) is 2. The average molecular weight is 182 g/mol. The Hall–Kier alpha value is -1.38. The highest BCUT2D eigenvalue weighted by Crippen LogP contribution is 2.23. The molecule has 0 amide bonds. The van der Waals surface area contributed by atoms with E-state index in [-0.39, 0.29) is 17.1 Å². The number of carbonyl (C=O) groups is 1. The second kappa shape index (κ2) is 3.56. The SMILES string of the molecule is COc1ccc(C)c(C(C)=O)c1F. The summed E-state index contributed by atoms with van der Waals surface area (Å²) in [6, 6.07) is 3.18. The molecule has 0 heterocycles. The Bertz CT molecular complexity index is 345. The molecule has 0 aliphatic carbocycles. The van der Waals surface area contributed by atoms with Gasteiger partial charge in [-0.2, -0.15) is 0 Å². The Balaban J connectivity index is 3.38. The van der Waals surface area contributed by atoms with Gasteiger partial charge in [0.2, 0.25) is 0 Å². The Morgan fingerprint density at radius 1 is 1.46 bits per heavy atom. The van der Waals surface area contributed by atoms with Crippen molar-refractivity contribution in [1.82, 2.24) is 0 Å². The smallest absolute Gasteiger partial charge is 0.176 e. The Labute approximate surface area is 76.3 Å². The van der Waals surface area contributed by atoms with Crippen LogP contribution in [0.5, 0.6) is 5.75 Å². The first-order valence-corrected chi connectivity index (χ1v) is 3.92. The average Bonchev–Trinajstić information content (AvgIpc) is 2.04. The fraction of sp³-hybridized carbons (Fsp3) is 0.300. The lowest BCUT2D eigenvalue weighted by atomic mass is 10.0. The molecule has 0 aliphatic rings. The topological polar surface area (TPSA) is 26.3 Å². The van der Waals surface area contributed by atoms with Crippen molar-refractivity contribution in [3.05, 3.63) is 29.1 Å². The third kappa shape index (κ3) is 1.69. The van der Waals surface area contributed by atoms with Crippen LogP contribution >= 0.6 is 0 Å². The second-order valence-corrected chi connectivity index (χ2v) is 2.83. The summed E-state index contributed by atoms with van der Waals surface area (Å²) in [5.41, 5.74) is 0.741. The van der Waals surface area contributed by atoms with Crippen molar-refractivity contribution in [1.29, 1.82) is 0 Å². The van der Waals surface area contributed by atoms with E-state index in [4.69, 9.17) is 4.74 Å². The van der Waals surface area contributed by atoms with Gasteiger partial charge in [0.25, 0.3) is 0 Å². The van der Waals surface area contributed by atoms with Gasteiger partial charge in [-0.05, 0) is 25.5 Å². The van der Waals surface area contributed by atoms with Gasteiger partial charge in [0.15, 0.2) is 17.3 Å². The lowest BCUT2D eigenvalue weighted by Crippen LogP contribution is -2.02. The van der Waals surface area contributed by atoms with Gasteiger partial charge < -0.3 is 4.74 Å². The first kappa shape index (κ1) is 9.71. The van der Waals surface area contributed by atoms with E-state index >= 15 is 0 Å². The molecule has 0 unspecified atom stereocenters. The maximum atomic E-state index is 13.4. The van der Waals surface area contributed by atoms with Crippen LogP contribution in [-0.2, 0) is 0 Å². The number of halogens is 1. The molecular weight excluding hydrogens is 171 g/mol.